The van der Waals surface area contributed by atoms with E-state index in [1.165, 1.54) is 31.4 Å². The number of nitro benzene ring substituents is 1. The van der Waals surface area contributed by atoms with Crippen LogP contribution in [0.2, 0.25) is 0 Å². The summed E-state index contributed by atoms with van der Waals surface area (Å²) in [5.41, 5.74) is -0.112. The van der Waals surface area contributed by atoms with Gasteiger partial charge in [-0.2, -0.15) is 0 Å². The second kappa shape index (κ2) is 7.07. The molecule has 0 heterocycles. The van der Waals surface area contributed by atoms with Gasteiger partial charge in [0.25, 0.3) is 5.69 Å². The molecule has 1 amide bonds. The van der Waals surface area contributed by atoms with E-state index in [0.29, 0.717) is 6.42 Å². The van der Waals surface area contributed by atoms with E-state index < -0.39 is 23.0 Å². The number of ether oxygens (including phenoxy) is 2. The number of nitro groups is 1. The van der Waals surface area contributed by atoms with Gasteiger partial charge in [-0.1, -0.05) is 6.92 Å². The van der Waals surface area contributed by atoms with E-state index in [-0.39, 0.29) is 11.4 Å². The summed E-state index contributed by atoms with van der Waals surface area (Å²) in [5.74, 6) is -0.444. The molecular weight excluding hydrogens is 268 g/mol. The van der Waals surface area contributed by atoms with Crippen molar-refractivity contribution < 1.29 is 24.0 Å². The number of hydrogen-bond donors (Lipinski definition) is 1. The third-order valence-corrected chi connectivity index (χ3v) is 2.44. The van der Waals surface area contributed by atoms with Crippen LogP contribution in [0.1, 0.15) is 13.3 Å². The van der Waals surface area contributed by atoms with Gasteiger partial charge in [0.15, 0.2) is 0 Å². The Morgan fingerprint density at radius 1 is 1.35 bits per heavy atom. The van der Waals surface area contributed by atoms with Crippen LogP contribution in [0.15, 0.2) is 24.3 Å². The summed E-state index contributed by atoms with van der Waals surface area (Å²) >= 11 is 0. The Morgan fingerprint density at radius 3 is 2.40 bits per heavy atom. The van der Waals surface area contributed by atoms with E-state index in [1.807, 2.05) is 0 Å². The van der Waals surface area contributed by atoms with Crippen molar-refractivity contribution in [1.29, 1.82) is 0 Å². The summed E-state index contributed by atoms with van der Waals surface area (Å²) in [5, 5.41) is 12.8. The summed E-state index contributed by atoms with van der Waals surface area (Å²) in [6.07, 6.45) is -0.488. The smallest absolute Gasteiger partial charge is 0.413 e. The average Bonchev–Trinajstić information content (AvgIpc) is 2.44. The third-order valence-electron chi connectivity index (χ3n) is 2.44. The van der Waals surface area contributed by atoms with Crippen molar-refractivity contribution in [2.75, 3.05) is 7.11 Å². The van der Waals surface area contributed by atoms with Crippen LogP contribution in [0.5, 0.6) is 5.75 Å². The largest absolute Gasteiger partial charge is 0.467 e. The molecule has 0 aliphatic carbocycles. The fourth-order valence-corrected chi connectivity index (χ4v) is 1.38. The highest BCUT2D eigenvalue weighted by molar-refractivity contribution is 5.81. The van der Waals surface area contributed by atoms with E-state index in [1.54, 1.807) is 6.92 Å². The number of nitrogens with zero attached hydrogens (tertiary/aromatic N) is 1. The molecule has 0 aliphatic rings. The highest BCUT2D eigenvalue weighted by Gasteiger charge is 2.20. The lowest BCUT2D eigenvalue weighted by Gasteiger charge is -2.14. The van der Waals surface area contributed by atoms with Crippen LogP contribution in [-0.4, -0.2) is 30.1 Å². The Bertz CT molecular complexity index is 499. The molecule has 0 saturated carbocycles. The molecule has 0 saturated heterocycles. The van der Waals surface area contributed by atoms with Crippen molar-refractivity contribution >= 4 is 17.7 Å². The van der Waals surface area contributed by atoms with Crippen LogP contribution in [-0.2, 0) is 9.53 Å². The number of carbonyl (C=O) groups excluding carboxylic acids is 2. The van der Waals surface area contributed by atoms with Crippen LogP contribution < -0.4 is 10.1 Å². The van der Waals surface area contributed by atoms with Gasteiger partial charge in [-0.15, -0.1) is 0 Å². The topological polar surface area (TPSA) is 108 Å². The van der Waals surface area contributed by atoms with Gasteiger partial charge in [0.05, 0.1) is 12.0 Å². The van der Waals surface area contributed by atoms with Crippen molar-refractivity contribution in [3.05, 3.63) is 34.4 Å². The Morgan fingerprint density at radius 2 is 1.95 bits per heavy atom. The molecule has 1 aromatic rings. The molecule has 0 unspecified atom stereocenters. The molecule has 1 N–H and O–H groups in total. The molecule has 20 heavy (non-hydrogen) atoms. The van der Waals surface area contributed by atoms with E-state index in [0.717, 1.165) is 0 Å². The molecule has 0 spiro atoms. The molecule has 0 fully saturated rings. The molecule has 108 valence electrons. The molecule has 0 aliphatic heterocycles. The number of amides is 1. The van der Waals surface area contributed by atoms with Crippen molar-refractivity contribution in [3.63, 3.8) is 0 Å². The number of carbonyl (C=O) groups is 2. The Balaban J connectivity index is 2.61. The van der Waals surface area contributed by atoms with Gasteiger partial charge in [0.2, 0.25) is 0 Å². The third kappa shape index (κ3) is 4.23. The Kier molecular flexibility index (Phi) is 5.45. The maximum absolute atomic E-state index is 11.5. The lowest BCUT2D eigenvalue weighted by Crippen LogP contribution is -2.42. The second-order valence-corrected chi connectivity index (χ2v) is 3.77. The molecule has 8 nitrogen and oxygen atoms in total. The summed E-state index contributed by atoms with van der Waals surface area (Å²) in [6, 6.07) is 4.19. The van der Waals surface area contributed by atoms with Gasteiger partial charge in [-0.3, -0.25) is 10.1 Å². The molecule has 0 radical (unpaired) electrons. The number of benzene rings is 1. The summed E-state index contributed by atoms with van der Waals surface area (Å²) in [6.45, 7) is 1.70. The fourth-order valence-electron chi connectivity index (χ4n) is 1.38. The number of hydrogen-bond acceptors (Lipinski definition) is 6. The first-order chi connectivity index (χ1) is 9.47. The zero-order chi connectivity index (χ0) is 15.1. The monoisotopic (exact) mass is 282 g/mol. The normalized spacial score (nSPS) is 11.3. The standard InChI is InChI=1S/C12H14N2O6/c1-3-10(11(15)19-2)13-12(16)20-9-6-4-8(5-7-9)14(17)18/h4-7,10H,3H2,1-2H3,(H,13,16)/t10-/m0/s1. The SMILES string of the molecule is CC[C@H](NC(=O)Oc1ccc([N+](=O)[O-])cc1)C(=O)OC. The first-order valence-corrected chi connectivity index (χ1v) is 5.78. The van der Waals surface area contributed by atoms with Crippen LogP contribution in [0.4, 0.5) is 10.5 Å². The molecule has 1 rings (SSSR count). The maximum atomic E-state index is 11.5. The minimum absolute atomic E-state index is 0.112. The van der Waals surface area contributed by atoms with Crippen LogP contribution in [0.25, 0.3) is 0 Å². The number of esters is 1. The van der Waals surface area contributed by atoms with Gasteiger partial charge in [0.1, 0.15) is 11.8 Å². The lowest BCUT2D eigenvalue weighted by atomic mass is 10.2. The van der Waals surface area contributed by atoms with Crippen molar-refractivity contribution in [2.45, 2.75) is 19.4 Å². The fraction of sp³-hybridized carbons (Fsp3) is 0.333. The van der Waals surface area contributed by atoms with Crippen LogP contribution >= 0.6 is 0 Å². The number of non-ortho nitro benzene ring substituents is 1. The lowest BCUT2D eigenvalue weighted by molar-refractivity contribution is -0.384. The maximum Gasteiger partial charge on any atom is 0.413 e. The minimum Gasteiger partial charge on any atom is -0.467 e. The van der Waals surface area contributed by atoms with Crippen molar-refractivity contribution in [1.82, 2.24) is 5.32 Å². The molecule has 0 aromatic heterocycles. The summed E-state index contributed by atoms with van der Waals surface area (Å²) in [4.78, 5) is 32.7. The summed E-state index contributed by atoms with van der Waals surface area (Å²) < 4.78 is 9.41. The van der Waals surface area contributed by atoms with Gasteiger partial charge in [-0.25, -0.2) is 9.59 Å². The second-order valence-electron chi connectivity index (χ2n) is 3.77. The first kappa shape index (κ1) is 15.4. The molecule has 1 atom stereocenters. The molecule has 1 aromatic carbocycles. The van der Waals surface area contributed by atoms with Crippen molar-refractivity contribution in [2.24, 2.45) is 0 Å². The zero-order valence-electron chi connectivity index (χ0n) is 11.0. The first-order valence-electron chi connectivity index (χ1n) is 5.78. The van der Waals surface area contributed by atoms with Crippen LogP contribution in [0.3, 0.4) is 0 Å². The van der Waals surface area contributed by atoms with Crippen LogP contribution in [0, 0.1) is 10.1 Å². The zero-order valence-corrected chi connectivity index (χ0v) is 11.0. The number of nitrogens with one attached hydrogen (secondary N) is 1. The van der Waals surface area contributed by atoms with Gasteiger partial charge in [-0.05, 0) is 18.6 Å². The average molecular weight is 282 g/mol. The predicted molar refractivity (Wildman–Crippen MR) is 68.4 cm³/mol. The van der Waals surface area contributed by atoms with E-state index in [9.17, 15) is 19.7 Å². The number of rotatable bonds is 5. The minimum atomic E-state index is -0.837. The van der Waals surface area contributed by atoms with Gasteiger partial charge < -0.3 is 14.8 Å². The summed E-state index contributed by atoms with van der Waals surface area (Å²) in [7, 11) is 1.22. The number of methoxy groups -OCH3 is 1. The molecular formula is C12H14N2O6. The van der Waals surface area contributed by atoms with Gasteiger partial charge in [0, 0.05) is 12.1 Å². The van der Waals surface area contributed by atoms with Crippen molar-refractivity contribution in [3.8, 4) is 5.75 Å². The predicted octanol–water partition coefficient (Wildman–Crippen LogP) is 1.63. The van der Waals surface area contributed by atoms with E-state index in [2.05, 4.69) is 10.1 Å². The highest BCUT2D eigenvalue weighted by Crippen LogP contribution is 2.17. The van der Waals surface area contributed by atoms with E-state index >= 15 is 0 Å². The van der Waals surface area contributed by atoms with Gasteiger partial charge >= 0.3 is 12.1 Å². The molecule has 0 bridgehead atoms. The Labute approximate surface area is 114 Å². The Hall–Kier alpha value is -2.64. The molecule has 8 heteroatoms. The highest BCUT2D eigenvalue weighted by atomic mass is 16.6. The quantitative estimate of drug-likeness (QED) is 0.499. The van der Waals surface area contributed by atoms with E-state index in [4.69, 9.17) is 4.74 Å².